The normalized spacial score (nSPS) is 10.8. The minimum absolute atomic E-state index is 0.581. The van der Waals surface area contributed by atoms with Crippen molar-refractivity contribution in [1.29, 1.82) is 0 Å². The molecule has 0 amide bonds. The van der Waals surface area contributed by atoms with E-state index in [1.54, 1.807) is 6.07 Å². The predicted octanol–water partition coefficient (Wildman–Crippen LogP) is 3.48. The van der Waals surface area contributed by atoms with Crippen LogP contribution < -0.4 is 10.6 Å². The highest BCUT2D eigenvalue weighted by atomic mass is 35.5. The van der Waals surface area contributed by atoms with Crippen LogP contribution in [0.5, 0.6) is 0 Å². The summed E-state index contributed by atoms with van der Waals surface area (Å²) in [5.74, 6) is 2.18. The van der Waals surface area contributed by atoms with Gasteiger partial charge in [0.05, 0.1) is 22.4 Å². The Hall–Kier alpha value is -1.99. The van der Waals surface area contributed by atoms with E-state index in [0.717, 1.165) is 40.8 Å². The van der Waals surface area contributed by atoms with Crippen molar-refractivity contribution in [3.05, 3.63) is 29.0 Å². The average molecular weight is 321 g/mol. The zero-order valence-corrected chi connectivity index (χ0v) is 13.1. The Morgan fingerprint density at radius 3 is 2.76 bits per heavy atom. The van der Waals surface area contributed by atoms with E-state index in [0.29, 0.717) is 16.5 Å². The second-order valence-electron chi connectivity index (χ2n) is 4.34. The lowest BCUT2D eigenvalue weighted by Gasteiger charge is -2.10. The molecule has 0 aliphatic heterocycles. The number of halogens is 1. The van der Waals surface area contributed by atoms with Gasteiger partial charge >= 0.3 is 0 Å². The van der Waals surface area contributed by atoms with Crippen molar-refractivity contribution in [2.45, 2.75) is 13.3 Å². The van der Waals surface area contributed by atoms with Gasteiger partial charge in [-0.2, -0.15) is 8.75 Å². The third-order valence-electron chi connectivity index (χ3n) is 2.97. The van der Waals surface area contributed by atoms with Crippen molar-refractivity contribution in [3.63, 3.8) is 0 Å². The number of rotatable bonds is 4. The Bertz CT molecular complexity index is 765. The molecular formula is C13H13ClN6S. The molecule has 0 atom stereocenters. The van der Waals surface area contributed by atoms with Gasteiger partial charge in [-0.05, 0) is 12.1 Å². The van der Waals surface area contributed by atoms with E-state index in [9.17, 15) is 0 Å². The summed E-state index contributed by atoms with van der Waals surface area (Å²) in [6.45, 7) is 2.01. The highest BCUT2D eigenvalue weighted by Crippen LogP contribution is 2.32. The number of fused-ring (bicyclic) bond motifs is 1. The van der Waals surface area contributed by atoms with Gasteiger partial charge in [-0.25, -0.2) is 9.97 Å². The number of nitrogens with one attached hydrogen (secondary N) is 2. The highest BCUT2D eigenvalue weighted by molar-refractivity contribution is 7.00. The lowest BCUT2D eigenvalue weighted by atomic mass is 10.2. The van der Waals surface area contributed by atoms with Gasteiger partial charge in [-0.15, -0.1) is 0 Å². The molecule has 2 N–H and O–H groups in total. The maximum absolute atomic E-state index is 6.27. The zero-order valence-electron chi connectivity index (χ0n) is 11.5. The van der Waals surface area contributed by atoms with Crippen LogP contribution in [0.1, 0.15) is 12.7 Å². The summed E-state index contributed by atoms with van der Waals surface area (Å²) >= 11 is 7.43. The topological polar surface area (TPSA) is 75.6 Å². The molecule has 0 aliphatic carbocycles. The van der Waals surface area contributed by atoms with Crippen LogP contribution in [0.3, 0.4) is 0 Å². The molecule has 8 heteroatoms. The lowest BCUT2D eigenvalue weighted by Crippen LogP contribution is -2.03. The molecule has 0 saturated carbocycles. The van der Waals surface area contributed by atoms with E-state index in [-0.39, 0.29) is 0 Å². The Morgan fingerprint density at radius 2 is 2.00 bits per heavy atom. The first kappa shape index (κ1) is 14.0. The second-order valence-corrected chi connectivity index (χ2v) is 5.27. The van der Waals surface area contributed by atoms with Crippen LogP contribution >= 0.6 is 23.3 Å². The number of anilines is 3. The highest BCUT2D eigenvalue weighted by Gasteiger charge is 2.12. The van der Waals surface area contributed by atoms with Crippen LogP contribution in [-0.2, 0) is 6.42 Å². The number of hydrogen-bond donors (Lipinski definition) is 2. The maximum Gasteiger partial charge on any atom is 0.136 e. The first-order valence-electron chi connectivity index (χ1n) is 6.44. The molecule has 21 heavy (non-hydrogen) atoms. The predicted molar refractivity (Wildman–Crippen MR) is 86.7 cm³/mol. The Morgan fingerprint density at radius 1 is 1.19 bits per heavy atom. The van der Waals surface area contributed by atoms with E-state index in [1.807, 2.05) is 26.1 Å². The van der Waals surface area contributed by atoms with Gasteiger partial charge in [0, 0.05) is 19.5 Å². The summed E-state index contributed by atoms with van der Waals surface area (Å²) in [4.78, 5) is 8.83. The largest absolute Gasteiger partial charge is 0.373 e. The molecule has 0 saturated heterocycles. The molecule has 0 radical (unpaired) electrons. The van der Waals surface area contributed by atoms with Crippen molar-refractivity contribution in [2.75, 3.05) is 17.7 Å². The molecule has 3 rings (SSSR count). The number of benzene rings is 1. The molecule has 1 aromatic carbocycles. The van der Waals surface area contributed by atoms with Crippen LogP contribution in [0.2, 0.25) is 5.02 Å². The molecule has 0 fully saturated rings. The summed E-state index contributed by atoms with van der Waals surface area (Å²) < 4.78 is 8.50. The number of hydrogen-bond acceptors (Lipinski definition) is 7. The minimum Gasteiger partial charge on any atom is -0.373 e. The molecule has 0 spiro atoms. The monoisotopic (exact) mass is 320 g/mol. The molecule has 0 unspecified atom stereocenters. The smallest absolute Gasteiger partial charge is 0.136 e. The number of aromatic nitrogens is 4. The second kappa shape index (κ2) is 5.79. The van der Waals surface area contributed by atoms with Gasteiger partial charge in [-0.1, -0.05) is 18.5 Å². The van der Waals surface area contributed by atoms with Gasteiger partial charge in [0.2, 0.25) is 0 Å². The quantitative estimate of drug-likeness (QED) is 0.766. The van der Waals surface area contributed by atoms with Crippen molar-refractivity contribution >= 4 is 51.7 Å². The zero-order chi connectivity index (χ0) is 14.8. The summed E-state index contributed by atoms with van der Waals surface area (Å²) in [7, 11) is 1.82. The van der Waals surface area contributed by atoms with Gasteiger partial charge in [0.25, 0.3) is 0 Å². The molecule has 108 valence electrons. The fourth-order valence-electron chi connectivity index (χ4n) is 1.92. The molecule has 3 aromatic rings. The number of aryl methyl sites for hydroxylation is 1. The van der Waals surface area contributed by atoms with Crippen molar-refractivity contribution < 1.29 is 0 Å². The first-order chi connectivity index (χ1) is 10.2. The lowest BCUT2D eigenvalue weighted by molar-refractivity contribution is 0.945. The van der Waals surface area contributed by atoms with E-state index in [4.69, 9.17) is 11.6 Å². The third-order valence-corrected chi connectivity index (χ3v) is 3.83. The molecule has 0 bridgehead atoms. The van der Waals surface area contributed by atoms with Crippen molar-refractivity contribution in [2.24, 2.45) is 0 Å². The standard InChI is InChI=1S/C13H13ClN6S/c1-3-9-16-10(15-2)6-11(17-9)18-12-7(14)4-5-8-13(12)20-21-19-8/h4-6H,3H2,1-2H3,(H2,15,16,17,18). The SMILES string of the molecule is CCc1nc(NC)cc(Nc2c(Cl)ccc3nsnc23)n1. The molecule has 2 aromatic heterocycles. The Labute approximate surface area is 130 Å². The molecular weight excluding hydrogens is 308 g/mol. The Balaban J connectivity index is 2.06. The molecule has 0 aliphatic rings. The minimum atomic E-state index is 0.581. The maximum atomic E-state index is 6.27. The van der Waals surface area contributed by atoms with E-state index in [2.05, 4.69) is 29.3 Å². The van der Waals surface area contributed by atoms with Gasteiger partial charge in [0.1, 0.15) is 28.5 Å². The van der Waals surface area contributed by atoms with Gasteiger partial charge in [0.15, 0.2) is 0 Å². The van der Waals surface area contributed by atoms with Gasteiger partial charge < -0.3 is 10.6 Å². The van der Waals surface area contributed by atoms with E-state index < -0.39 is 0 Å². The third kappa shape index (κ3) is 2.74. The van der Waals surface area contributed by atoms with Crippen LogP contribution in [0.15, 0.2) is 18.2 Å². The number of nitrogens with zero attached hydrogens (tertiary/aromatic N) is 4. The van der Waals surface area contributed by atoms with Crippen LogP contribution in [0, 0.1) is 0 Å². The fourth-order valence-corrected chi connectivity index (χ4v) is 2.66. The fraction of sp³-hybridized carbons (Fsp3) is 0.231. The van der Waals surface area contributed by atoms with E-state index >= 15 is 0 Å². The molecule has 6 nitrogen and oxygen atoms in total. The molecule has 2 heterocycles. The first-order valence-corrected chi connectivity index (χ1v) is 7.55. The van der Waals surface area contributed by atoms with Gasteiger partial charge in [-0.3, -0.25) is 0 Å². The average Bonchev–Trinajstić information content (AvgIpc) is 2.98. The van der Waals surface area contributed by atoms with Crippen LogP contribution in [0.4, 0.5) is 17.3 Å². The Kier molecular flexibility index (Phi) is 3.85. The summed E-state index contributed by atoms with van der Waals surface area (Å²) in [6, 6.07) is 5.48. The van der Waals surface area contributed by atoms with E-state index in [1.165, 1.54) is 0 Å². The van der Waals surface area contributed by atoms with Crippen LogP contribution in [-0.4, -0.2) is 25.8 Å². The van der Waals surface area contributed by atoms with Crippen molar-refractivity contribution in [3.8, 4) is 0 Å². The summed E-state index contributed by atoms with van der Waals surface area (Å²) in [5.41, 5.74) is 2.27. The summed E-state index contributed by atoms with van der Waals surface area (Å²) in [6.07, 6.45) is 0.750. The summed E-state index contributed by atoms with van der Waals surface area (Å²) in [5, 5.41) is 6.84. The van der Waals surface area contributed by atoms with Crippen LogP contribution in [0.25, 0.3) is 11.0 Å². The van der Waals surface area contributed by atoms with Crippen molar-refractivity contribution in [1.82, 2.24) is 18.7 Å².